The van der Waals surface area contributed by atoms with E-state index in [1.165, 1.54) is 32.1 Å². The second-order valence-corrected chi connectivity index (χ2v) is 9.76. The molecule has 1 aromatic heterocycles. The molecule has 0 N–H and O–H groups in total. The predicted octanol–water partition coefficient (Wildman–Crippen LogP) is 5.04. The van der Waals surface area contributed by atoms with Crippen LogP contribution in [0.5, 0.6) is 0 Å². The smallest absolute Gasteiger partial charge is 0.257 e. The fourth-order valence-corrected chi connectivity index (χ4v) is 5.67. The van der Waals surface area contributed by atoms with Crippen molar-refractivity contribution < 1.29 is 4.79 Å². The van der Waals surface area contributed by atoms with Crippen molar-refractivity contribution in [2.75, 3.05) is 6.54 Å². The van der Waals surface area contributed by atoms with Crippen molar-refractivity contribution in [2.45, 2.75) is 64.5 Å². The molecule has 1 aliphatic heterocycles. The third-order valence-corrected chi connectivity index (χ3v) is 7.47. The number of benzene rings is 2. The summed E-state index contributed by atoms with van der Waals surface area (Å²) in [5, 5.41) is 0. The molecule has 3 aromatic rings. The molecule has 0 atom stereocenters. The van der Waals surface area contributed by atoms with Gasteiger partial charge in [-0.1, -0.05) is 79.9 Å². The van der Waals surface area contributed by atoms with Crippen LogP contribution >= 0.6 is 0 Å². The molecule has 176 valence electrons. The van der Waals surface area contributed by atoms with Gasteiger partial charge in [0.25, 0.3) is 5.56 Å². The van der Waals surface area contributed by atoms with E-state index < -0.39 is 0 Å². The minimum absolute atomic E-state index is 0.0135. The normalized spacial score (nSPS) is 16.5. The molecule has 0 bridgehead atoms. The minimum Gasteiger partial charge on any atom is -0.336 e. The van der Waals surface area contributed by atoms with Crippen molar-refractivity contribution in [1.82, 2.24) is 14.5 Å². The number of nitrogens with zero attached hydrogens (tertiary/aromatic N) is 3. The molecule has 1 aliphatic carbocycles. The summed E-state index contributed by atoms with van der Waals surface area (Å²) in [5.41, 5.74) is 3.65. The highest BCUT2D eigenvalue weighted by Crippen LogP contribution is 2.29. The van der Waals surface area contributed by atoms with Gasteiger partial charge < -0.3 is 4.90 Å². The van der Waals surface area contributed by atoms with Gasteiger partial charge in [0.1, 0.15) is 5.82 Å². The Morgan fingerprint density at radius 3 is 2.21 bits per heavy atom. The number of aromatic nitrogens is 2. The van der Waals surface area contributed by atoms with Crippen molar-refractivity contribution in [3.63, 3.8) is 0 Å². The third-order valence-electron chi connectivity index (χ3n) is 7.47. The van der Waals surface area contributed by atoms with Crippen LogP contribution in [0.1, 0.15) is 72.8 Å². The Hall–Kier alpha value is -3.21. The molecule has 2 aromatic carbocycles. The minimum atomic E-state index is -0.237. The molecule has 5 heteroatoms. The first-order valence-corrected chi connectivity index (χ1v) is 12.6. The Bertz CT molecular complexity index is 1160. The average Bonchev–Trinajstić information content (AvgIpc) is 2.88. The molecular weight excluding hydrogens is 422 g/mol. The lowest BCUT2D eigenvalue weighted by molar-refractivity contribution is -0.133. The summed E-state index contributed by atoms with van der Waals surface area (Å²) in [7, 11) is 0. The van der Waals surface area contributed by atoms with Crippen LogP contribution in [0.25, 0.3) is 0 Å². The van der Waals surface area contributed by atoms with Gasteiger partial charge in [0, 0.05) is 18.5 Å². The highest BCUT2D eigenvalue weighted by Gasteiger charge is 2.29. The molecule has 34 heavy (non-hydrogen) atoms. The SMILES string of the molecule is Cc1nc2c(c(=O)n1C(c1ccccc1)c1ccccc1)CCN(C(=O)CC1CCCCC1)C2. The molecule has 2 aliphatic rings. The Morgan fingerprint density at radius 1 is 0.971 bits per heavy atom. The quantitative estimate of drug-likeness (QED) is 0.541. The standard InChI is InChI=1S/C29H33N3O2/c1-21-30-26-20-31(27(33)19-22-11-5-2-6-12-22)18-17-25(26)29(34)32(21)28(23-13-7-3-8-14-23)24-15-9-4-10-16-24/h3-4,7-10,13-16,22,28H,2,5-6,11-12,17-20H2,1H3. The van der Waals surface area contributed by atoms with E-state index in [2.05, 4.69) is 24.3 Å². The topological polar surface area (TPSA) is 55.2 Å². The summed E-state index contributed by atoms with van der Waals surface area (Å²) in [6.45, 7) is 2.95. The van der Waals surface area contributed by atoms with Gasteiger partial charge >= 0.3 is 0 Å². The van der Waals surface area contributed by atoms with Crippen LogP contribution in [0, 0.1) is 12.8 Å². The van der Waals surface area contributed by atoms with Crippen molar-refractivity contribution in [1.29, 1.82) is 0 Å². The van der Waals surface area contributed by atoms with E-state index in [1.807, 2.05) is 52.8 Å². The molecule has 0 radical (unpaired) electrons. The summed E-state index contributed by atoms with van der Waals surface area (Å²) in [6.07, 6.45) is 7.31. The largest absolute Gasteiger partial charge is 0.336 e. The van der Waals surface area contributed by atoms with Gasteiger partial charge in [-0.25, -0.2) is 4.98 Å². The summed E-state index contributed by atoms with van der Waals surface area (Å²) in [4.78, 5) is 33.7. The maximum atomic E-state index is 13.8. The molecule has 1 amide bonds. The third kappa shape index (κ3) is 4.56. The lowest BCUT2D eigenvalue weighted by atomic mass is 9.86. The van der Waals surface area contributed by atoms with Crippen LogP contribution in [-0.2, 0) is 17.8 Å². The van der Waals surface area contributed by atoms with Crippen LogP contribution < -0.4 is 5.56 Å². The molecule has 0 unspecified atom stereocenters. The highest BCUT2D eigenvalue weighted by molar-refractivity contribution is 5.76. The van der Waals surface area contributed by atoms with Crippen LogP contribution in [0.15, 0.2) is 65.5 Å². The Balaban J connectivity index is 1.46. The van der Waals surface area contributed by atoms with Crippen LogP contribution in [-0.4, -0.2) is 26.9 Å². The number of carbonyl (C=O) groups excluding carboxylic acids is 1. The van der Waals surface area contributed by atoms with E-state index in [0.717, 1.165) is 22.4 Å². The molecule has 1 saturated carbocycles. The molecule has 5 rings (SSSR count). The Labute approximate surface area is 201 Å². The maximum absolute atomic E-state index is 13.8. The molecule has 0 saturated heterocycles. The maximum Gasteiger partial charge on any atom is 0.257 e. The van der Waals surface area contributed by atoms with Gasteiger partial charge in [0.15, 0.2) is 0 Å². The fourth-order valence-electron chi connectivity index (χ4n) is 5.67. The van der Waals surface area contributed by atoms with Crippen molar-refractivity contribution in [3.8, 4) is 0 Å². The molecule has 0 spiro atoms. The predicted molar refractivity (Wildman–Crippen MR) is 134 cm³/mol. The summed E-state index contributed by atoms with van der Waals surface area (Å²) < 4.78 is 1.84. The number of hydrogen-bond donors (Lipinski definition) is 0. The number of carbonyl (C=O) groups is 1. The average molecular weight is 456 g/mol. The lowest BCUT2D eigenvalue weighted by Crippen LogP contribution is -2.42. The number of fused-ring (bicyclic) bond motifs is 1. The lowest BCUT2D eigenvalue weighted by Gasteiger charge is -2.32. The van der Waals surface area contributed by atoms with Gasteiger partial charge in [-0.05, 0) is 43.2 Å². The van der Waals surface area contributed by atoms with Gasteiger partial charge in [0.05, 0.1) is 18.3 Å². The van der Waals surface area contributed by atoms with Gasteiger partial charge in [-0.3, -0.25) is 14.2 Å². The first-order valence-electron chi connectivity index (χ1n) is 12.6. The van der Waals surface area contributed by atoms with Crippen LogP contribution in [0.2, 0.25) is 0 Å². The molecular formula is C29H33N3O2. The Morgan fingerprint density at radius 2 is 1.59 bits per heavy atom. The highest BCUT2D eigenvalue weighted by atomic mass is 16.2. The zero-order valence-corrected chi connectivity index (χ0v) is 20.0. The van der Waals surface area contributed by atoms with E-state index in [1.54, 1.807) is 0 Å². The molecule has 5 nitrogen and oxygen atoms in total. The van der Waals surface area contributed by atoms with E-state index in [9.17, 15) is 9.59 Å². The second-order valence-electron chi connectivity index (χ2n) is 9.76. The van der Waals surface area contributed by atoms with Crippen molar-refractivity contribution >= 4 is 5.91 Å². The second kappa shape index (κ2) is 9.96. The Kier molecular flexibility index (Phi) is 6.61. The van der Waals surface area contributed by atoms with E-state index in [-0.39, 0.29) is 17.5 Å². The van der Waals surface area contributed by atoms with Gasteiger partial charge in [0.2, 0.25) is 5.91 Å². The molecule has 2 heterocycles. The van der Waals surface area contributed by atoms with Crippen molar-refractivity contribution in [2.24, 2.45) is 5.92 Å². The zero-order chi connectivity index (χ0) is 23.5. The number of aryl methyl sites for hydroxylation is 1. The van der Waals surface area contributed by atoms with Crippen LogP contribution in [0.3, 0.4) is 0 Å². The fraction of sp³-hybridized carbons (Fsp3) is 0.414. The first kappa shape index (κ1) is 22.6. The van der Waals surface area contributed by atoms with Crippen LogP contribution in [0.4, 0.5) is 0 Å². The molecule has 1 fully saturated rings. The number of amides is 1. The number of rotatable bonds is 5. The summed E-state index contributed by atoms with van der Waals surface area (Å²) >= 11 is 0. The van der Waals surface area contributed by atoms with Crippen molar-refractivity contribution in [3.05, 3.63) is 99.2 Å². The summed E-state index contributed by atoms with van der Waals surface area (Å²) in [5.74, 6) is 1.42. The van der Waals surface area contributed by atoms with E-state index >= 15 is 0 Å². The van der Waals surface area contributed by atoms with E-state index in [0.29, 0.717) is 37.7 Å². The summed E-state index contributed by atoms with van der Waals surface area (Å²) in [6, 6.07) is 20.0. The van der Waals surface area contributed by atoms with E-state index in [4.69, 9.17) is 4.98 Å². The monoisotopic (exact) mass is 455 g/mol. The first-order chi connectivity index (χ1) is 16.6. The zero-order valence-electron chi connectivity index (χ0n) is 20.0. The van der Waals surface area contributed by atoms with Gasteiger partial charge in [-0.2, -0.15) is 0 Å². The number of hydrogen-bond acceptors (Lipinski definition) is 3. The van der Waals surface area contributed by atoms with Gasteiger partial charge in [-0.15, -0.1) is 0 Å².